The third-order valence-electron chi connectivity index (χ3n) is 3.29. The third kappa shape index (κ3) is 3.45. The number of halogens is 1. The highest BCUT2D eigenvalue weighted by Gasteiger charge is 2.27. The third-order valence-corrected chi connectivity index (χ3v) is 4.12. The van der Waals surface area contributed by atoms with Gasteiger partial charge >= 0.3 is 0 Å². The van der Waals surface area contributed by atoms with Crippen LogP contribution in [-0.2, 0) is 11.2 Å². The van der Waals surface area contributed by atoms with Crippen LogP contribution >= 0.6 is 15.9 Å². The number of anilines is 1. The number of hydrogen-bond donors (Lipinski definition) is 1. The van der Waals surface area contributed by atoms with E-state index in [0.717, 1.165) is 54.0 Å². The summed E-state index contributed by atoms with van der Waals surface area (Å²) in [6.07, 6.45) is 4.49. The van der Waals surface area contributed by atoms with E-state index in [2.05, 4.69) is 47.0 Å². The minimum atomic E-state index is 0.0520. The van der Waals surface area contributed by atoms with Crippen LogP contribution in [0.2, 0.25) is 0 Å². The van der Waals surface area contributed by atoms with Crippen LogP contribution in [0.1, 0.15) is 57.7 Å². The summed E-state index contributed by atoms with van der Waals surface area (Å²) in [5.74, 6) is 1.71. The summed E-state index contributed by atoms with van der Waals surface area (Å²) in [4.78, 5) is 9.33. The fraction of sp³-hybridized carbons (Fsp3) is 0.714. The summed E-state index contributed by atoms with van der Waals surface area (Å²) in [6, 6.07) is 0. The number of rotatable bonds is 5. The Morgan fingerprint density at radius 1 is 1.32 bits per heavy atom. The first kappa shape index (κ1) is 14.7. The summed E-state index contributed by atoms with van der Waals surface area (Å²) in [5, 5.41) is 3.30. The molecule has 106 valence electrons. The molecule has 1 aromatic heterocycles. The van der Waals surface area contributed by atoms with Gasteiger partial charge in [-0.15, -0.1) is 0 Å². The van der Waals surface area contributed by atoms with E-state index >= 15 is 0 Å². The molecule has 1 saturated heterocycles. The highest BCUT2D eigenvalue weighted by molar-refractivity contribution is 9.10. The molecule has 0 aromatic carbocycles. The van der Waals surface area contributed by atoms with Crippen molar-refractivity contribution in [1.29, 1.82) is 0 Å². The second-order valence-corrected chi connectivity index (χ2v) is 5.78. The molecule has 2 rings (SSSR count). The smallest absolute Gasteiger partial charge is 0.159 e. The van der Waals surface area contributed by atoms with Gasteiger partial charge in [0.25, 0.3) is 0 Å². The lowest BCUT2D eigenvalue weighted by Crippen LogP contribution is -2.11. The van der Waals surface area contributed by atoms with Crippen LogP contribution in [0.4, 0.5) is 5.82 Å². The van der Waals surface area contributed by atoms with Gasteiger partial charge in [0.2, 0.25) is 0 Å². The van der Waals surface area contributed by atoms with Crippen molar-refractivity contribution in [1.82, 2.24) is 9.97 Å². The summed E-state index contributed by atoms with van der Waals surface area (Å²) in [6.45, 7) is 7.19. The monoisotopic (exact) mass is 327 g/mol. The lowest BCUT2D eigenvalue weighted by atomic mass is 10.2. The van der Waals surface area contributed by atoms with Crippen molar-refractivity contribution in [2.24, 2.45) is 0 Å². The van der Waals surface area contributed by atoms with Gasteiger partial charge in [-0.1, -0.05) is 13.3 Å². The van der Waals surface area contributed by atoms with Gasteiger partial charge in [-0.3, -0.25) is 0 Å². The van der Waals surface area contributed by atoms with E-state index < -0.39 is 0 Å². The molecule has 0 bridgehead atoms. The van der Waals surface area contributed by atoms with E-state index in [-0.39, 0.29) is 6.10 Å². The van der Waals surface area contributed by atoms with Crippen LogP contribution in [0, 0.1) is 0 Å². The van der Waals surface area contributed by atoms with E-state index in [1.54, 1.807) is 0 Å². The Morgan fingerprint density at radius 3 is 2.68 bits per heavy atom. The van der Waals surface area contributed by atoms with Crippen molar-refractivity contribution < 1.29 is 4.74 Å². The topological polar surface area (TPSA) is 47.0 Å². The molecule has 1 aromatic rings. The first-order chi connectivity index (χ1) is 9.15. The van der Waals surface area contributed by atoms with Crippen molar-refractivity contribution in [2.75, 3.05) is 11.9 Å². The number of ether oxygens (including phenoxy) is 1. The number of nitrogens with zero attached hydrogens (tertiary/aromatic N) is 2. The zero-order chi connectivity index (χ0) is 13.8. The molecule has 2 heterocycles. The maximum absolute atomic E-state index is 5.89. The standard InChI is InChI=1S/C14H22BrN3O/c1-4-6-10-12(15)14(16-5-2)18-13(17-10)11-8-7-9(3)19-11/h9,11H,4-8H2,1-3H3,(H,16,17,18). The van der Waals surface area contributed by atoms with Crippen LogP contribution < -0.4 is 5.32 Å². The van der Waals surface area contributed by atoms with E-state index in [9.17, 15) is 0 Å². The second-order valence-electron chi connectivity index (χ2n) is 4.98. The predicted molar refractivity (Wildman–Crippen MR) is 80.4 cm³/mol. The molecular weight excluding hydrogens is 306 g/mol. The lowest BCUT2D eigenvalue weighted by molar-refractivity contribution is 0.0502. The van der Waals surface area contributed by atoms with Gasteiger partial charge in [0, 0.05) is 6.54 Å². The highest BCUT2D eigenvalue weighted by atomic mass is 79.9. The molecule has 0 saturated carbocycles. The van der Waals surface area contributed by atoms with E-state index in [1.165, 1.54) is 0 Å². The van der Waals surface area contributed by atoms with E-state index in [4.69, 9.17) is 9.72 Å². The zero-order valence-corrected chi connectivity index (χ0v) is 13.5. The Balaban J connectivity index is 2.32. The van der Waals surface area contributed by atoms with Crippen LogP contribution in [0.5, 0.6) is 0 Å². The number of aryl methyl sites for hydroxylation is 1. The van der Waals surface area contributed by atoms with Gasteiger partial charge in [-0.05, 0) is 49.0 Å². The van der Waals surface area contributed by atoms with E-state index in [1.807, 2.05) is 0 Å². The van der Waals surface area contributed by atoms with Gasteiger partial charge < -0.3 is 10.1 Å². The predicted octanol–water partition coefficient (Wildman–Crippen LogP) is 3.86. The Labute approximate surface area is 123 Å². The van der Waals surface area contributed by atoms with Crippen molar-refractivity contribution in [3.8, 4) is 0 Å². The van der Waals surface area contributed by atoms with Crippen LogP contribution in [0.3, 0.4) is 0 Å². The van der Waals surface area contributed by atoms with Gasteiger partial charge in [-0.2, -0.15) is 0 Å². The minimum Gasteiger partial charge on any atom is -0.369 e. The minimum absolute atomic E-state index is 0.0520. The fourth-order valence-corrected chi connectivity index (χ4v) is 2.85. The Kier molecular flexibility index (Phi) is 5.16. The first-order valence-corrected chi connectivity index (χ1v) is 7.90. The summed E-state index contributed by atoms with van der Waals surface area (Å²) in [7, 11) is 0. The molecule has 1 fully saturated rings. The SMILES string of the molecule is CCCc1nc(C2CCC(C)O2)nc(NCC)c1Br. The van der Waals surface area contributed by atoms with Gasteiger partial charge in [-0.25, -0.2) is 9.97 Å². The van der Waals surface area contributed by atoms with Crippen molar-refractivity contribution in [2.45, 2.75) is 58.7 Å². The van der Waals surface area contributed by atoms with Gasteiger partial charge in [0.15, 0.2) is 5.82 Å². The Hall–Kier alpha value is -0.680. The molecule has 1 N–H and O–H groups in total. The molecule has 0 spiro atoms. The van der Waals surface area contributed by atoms with Crippen LogP contribution in [0.25, 0.3) is 0 Å². The molecule has 0 radical (unpaired) electrons. The Morgan fingerprint density at radius 2 is 2.11 bits per heavy atom. The molecule has 0 amide bonds. The lowest BCUT2D eigenvalue weighted by Gasteiger charge is -2.15. The Bertz CT molecular complexity index is 412. The van der Waals surface area contributed by atoms with Crippen LogP contribution in [-0.4, -0.2) is 22.6 Å². The van der Waals surface area contributed by atoms with Crippen molar-refractivity contribution in [3.05, 3.63) is 16.0 Å². The van der Waals surface area contributed by atoms with Crippen LogP contribution in [0.15, 0.2) is 4.47 Å². The van der Waals surface area contributed by atoms with E-state index in [0.29, 0.717) is 6.10 Å². The molecule has 19 heavy (non-hydrogen) atoms. The first-order valence-electron chi connectivity index (χ1n) is 7.11. The molecule has 2 atom stereocenters. The number of hydrogen-bond acceptors (Lipinski definition) is 4. The molecule has 1 aliphatic rings. The maximum atomic E-state index is 5.89. The molecule has 5 heteroatoms. The largest absolute Gasteiger partial charge is 0.369 e. The number of aromatic nitrogens is 2. The highest BCUT2D eigenvalue weighted by Crippen LogP contribution is 2.33. The summed E-state index contributed by atoms with van der Waals surface area (Å²) >= 11 is 3.61. The zero-order valence-electron chi connectivity index (χ0n) is 11.9. The number of nitrogens with one attached hydrogen (secondary N) is 1. The molecule has 0 aliphatic carbocycles. The molecular formula is C14H22BrN3O. The average Bonchev–Trinajstić information content (AvgIpc) is 2.81. The molecule has 4 nitrogen and oxygen atoms in total. The fourth-order valence-electron chi connectivity index (χ4n) is 2.34. The quantitative estimate of drug-likeness (QED) is 0.891. The second kappa shape index (κ2) is 6.66. The summed E-state index contributed by atoms with van der Waals surface area (Å²) < 4.78 is 6.88. The van der Waals surface area contributed by atoms with Crippen molar-refractivity contribution in [3.63, 3.8) is 0 Å². The maximum Gasteiger partial charge on any atom is 0.159 e. The van der Waals surface area contributed by atoms with Crippen molar-refractivity contribution >= 4 is 21.7 Å². The van der Waals surface area contributed by atoms with Gasteiger partial charge in [0.1, 0.15) is 11.9 Å². The summed E-state index contributed by atoms with van der Waals surface area (Å²) in [5.41, 5.74) is 1.08. The van der Waals surface area contributed by atoms with Gasteiger partial charge in [0.05, 0.1) is 16.3 Å². The molecule has 2 unspecified atom stereocenters. The molecule has 1 aliphatic heterocycles. The average molecular weight is 328 g/mol. The normalized spacial score (nSPS) is 22.7.